The molecule has 1 aliphatic carbocycles. The minimum absolute atomic E-state index is 1.08. The first-order valence-electron chi connectivity index (χ1n) is 6.22. The van der Waals surface area contributed by atoms with Crippen LogP contribution in [0.15, 0.2) is 84.3 Å². The highest BCUT2D eigenvalue weighted by Crippen LogP contribution is 2.21. The van der Waals surface area contributed by atoms with Gasteiger partial charge in [-0.1, -0.05) is 41.8 Å². The summed E-state index contributed by atoms with van der Waals surface area (Å²) in [5, 5.41) is 3.37. The van der Waals surface area contributed by atoms with Gasteiger partial charge in [-0.25, -0.2) is 0 Å². The summed E-state index contributed by atoms with van der Waals surface area (Å²) in [4.78, 5) is 0. The molecule has 1 N–H and O–H groups in total. The van der Waals surface area contributed by atoms with Crippen LogP contribution in [-0.2, 0) is 0 Å². The number of para-hydroxylation sites is 1. The minimum Gasteiger partial charge on any atom is -0.356 e. The summed E-state index contributed by atoms with van der Waals surface area (Å²) in [6, 6.07) is 18.5. The van der Waals surface area contributed by atoms with E-state index >= 15 is 0 Å². The van der Waals surface area contributed by atoms with Crippen molar-refractivity contribution in [3.63, 3.8) is 0 Å². The number of anilines is 2. The molecular formula is C18H13N. The normalized spacial score (nSPS) is 12.3. The van der Waals surface area contributed by atoms with Gasteiger partial charge in [-0.15, -0.1) is 0 Å². The molecule has 0 saturated heterocycles. The lowest BCUT2D eigenvalue weighted by atomic mass is 10.0. The monoisotopic (exact) mass is 243 g/mol. The third kappa shape index (κ3) is 2.75. The van der Waals surface area contributed by atoms with Crippen LogP contribution in [0.5, 0.6) is 0 Å². The molecule has 0 fully saturated rings. The quantitative estimate of drug-likeness (QED) is 0.771. The molecule has 1 aliphatic rings. The van der Waals surface area contributed by atoms with E-state index in [4.69, 9.17) is 0 Å². The van der Waals surface area contributed by atoms with Crippen LogP contribution in [-0.4, -0.2) is 0 Å². The van der Waals surface area contributed by atoms with Crippen molar-refractivity contribution >= 4 is 16.9 Å². The van der Waals surface area contributed by atoms with Crippen molar-refractivity contribution in [2.24, 2.45) is 0 Å². The smallest absolute Gasteiger partial charge is 0.0384 e. The summed E-state index contributed by atoms with van der Waals surface area (Å²) in [6.45, 7) is 0. The van der Waals surface area contributed by atoms with Gasteiger partial charge in [-0.05, 0) is 53.6 Å². The molecule has 3 rings (SSSR count). The lowest BCUT2D eigenvalue weighted by molar-refractivity contribution is 1.53. The fourth-order valence-corrected chi connectivity index (χ4v) is 1.96. The summed E-state index contributed by atoms with van der Waals surface area (Å²) in [6.07, 6.45) is 5.86. The van der Waals surface area contributed by atoms with Gasteiger partial charge in [-0.2, -0.15) is 0 Å². The highest BCUT2D eigenvalue weighted by atomic mass is 14.9. The summed E-state index contributed by atoms with van der Waals surface area (Å²) >= 11 is 0. The Morgan fingerprint density at radius 3 is 2.16 bits per heavy atom. The molecule has 1 heteroatoms. The minimum atomic E-state index is 1.08. The van der Waals surface area contributed by atoms with Crippen LogP contribution in [0.4, 0.5) is 11.4 Å². The van der Waals surface area contributed by atoms with Crippen LogP contribution in [0, 0.1) is 0 Å². The first-order valence-corrected chi connectivity index (χ1v) is 6.22. The summed E-state index contributed by atoms with van der Waals surface area (Å²) in [7, 11) is 0. The van der Waals surface area contributed by atoms with Crippen LogP contribution in [0.3, 0.4) is 0 Å². The number of rotatable bonds is 3. The second-order valence-electron chi connectivity index (χ2n) is 4.29. The van der Waals surface area contributed by atoms with E-state index in [1.165, 1.54) is 5.56 Å². The molecule has 0 saturated carbocycles. The summed E-state index contributed by atoms with van der Waals surface area (Å²) < 4.78 is 0. The SMILES string of the molecule is C1=C=CC(c2ccc(Nc3ccccc3)cc2)=CC=1. The molecule has 0 amide bonds. The average molecular weight is 243 g/mol. The van der Waals surface area contributed by atoms with E-state index in [1.54, 1.807) is 0 Å². The lowest BCUT2D eigenvalue weighted by Crippen LogP contribution is -1.90. The van der Waals surface area contributed by atoms with Gasteiger partial charge >= 0.3 is 0 Å². The molecule has 0 radical (unpaired) electrons. The van der Waals surface area contributed by atoms with Crippen LogP contribution < -0.4 is 5.32 Å². The van der Waals surface area contributed by atoms with E-state index in [-0.39, 0.29) is 0 Å². The maximum Gasteiger partial charge on any atom is 0.0384 e. The van der Waals surface area contributed by atoms with Gasteiger partial charge < -0.3 is 5.32 Å². The second kappa shape index (κ2) is 5.29. The van der Waals surface area contributed by atoms with Crippen molar-refractivity contribution in [1.82, 2.24) is 0 Å². The predicted octanol–water partition coefficient (Wildman–Crippen LogP) is 4.69. The van der Waals surface area contributed by atoms with Crippen LogP contribution in [0.2, 0.25) is 0 Å². The first kappa shape index (κ1) is 11.4. The Balaban J connectivity index is 1.78. The van der Waals surface area contributed by atoms with E-state index in [2.05, 4.69) is 53.2 Å². The standard InChI is InChI=1S/C18H13N/c1-3-7-15(8-4-1)16-11-13-18(14-12-16)19-17-9-5-2-6-10-17/h2-3,5-14,19H. The average Bonchev–Trinajstić information content (AvgIpc) is 2.50. The molecule has 2 aromatic carbocycles. The first-order chi connectivity index (χ1) is 9.42. The van der Waals surface area contributed by atoms with Gasteiger partial charge in [0.2, 0.25) is 0 Å². The number of hydrogen-bond donors (Lipinski definition) is 1. The lowest BCUT2D eigenvalue weighted by Gasteiger charge is -2.08. The van der Waals surface area contributed by atoms with E-state index < -0.39 is 0 Å². The van der Waals surface area contributed by atoms with Gasteiger partial charge in [0.1, 0.15) is 0 Å². The maximum absolute atomic E-state index is 3.37. The number of allylic oxidation sites excluding steroid dienone is 4. The molecule has 1 nitrogen and oxygen atoms in total. The van der Waals surface area contributed by atoms with Gasteiger partial charge in [0.25, 0.3) is 0 Å². The van der Waals surface area contributed by atoms with Crippen molar-refractivity contribution in [2.75, 3.05) is 5.32 Å². The Morgan fingerprint density at radius 2 is 1.47 bits per heavy atom. The summed E-state index contributed by atoms with van der Waals surface area (Å²) in [5.41, 5.74) is 10.4. The summed E-state index contributed by atoms with van der Waals surface area (Å²) in [5.74, 6) is 0. The fraction of sp³-hybridized carbons (Fsp3) is 0. The molecule has 90 valence electrons. The van der Waals surface area contributed by atoms with Gasteiger partial charge in [0, 0.05) is 11.4 Å². The van der Waals surface area contributed by atoms with Crippen molar-refractivity contribution in [3.8, 4) is 0 Å². The van der Waals surface area contributed by atoms with Crippen molar-refractivity contribution in [2.45, 2.75) is 0 Å². The van der Waals surface area contributed by atoms with E-state index in [1.807, 2.05) is 36.4 Å². The largest absolute Gasteiger partial charge is 0.356 e. The Kier molecular flexibility index (Phi) is 3.16. The molecule has 0 atom stereocenters. The molecule has 0 bridgehead atoms. The van der Waals surface area contributed by atoms with Crippen molar-refractivity contribution < 1.29 is 0 Å². The van der Waals surface area contributed by atoms with E-state index in [0.717, 1.165) is 16.9 Å². The van der Waals surface area contributed by atoms with Crippen LogP contribution in [0.25, 0.3) is 5.57 Å². The second-order valence-corrected chi connectivity index (χ2v) is 4.29. The molecule has 0 heterocycles. The number of hydrogen-bond acceptors (Lipinski definition) is 1. The van der Waals surface area contributed by atoms with Crippen molar-refractivity contribution in [1.29, 1.82) is 0 Å². The zero-order valence-electron chi connectivity index (χ0n) is 10.4. The van der Waals surface area contributed by atoms with E-state index in [9.17, 15) is 0 Å². The van der Waals surface area contributed by atoms with Gasteiger partial charge in [0.15, 0.2) is 0 Å². The third-order valence-electron chi connectivity index (χ3n) is 2.94. The van der Waals surface area contributed by atoms with Crippen LogP contribution in [0.1, 0.15) is 5.56 Å². The molecule has 0 aliphatic heterocycles. The zero-order valence-corrected chi connectivity index (χ0v) is 10.4. The van der Waals surface area contributed by atoms with Crippen molar-refractivity contribution in [3.05, 3.63) is 89.9 Å². The highest BCUT2D eigenvalue weighted by molar-refractivity contribution is 5.77. The number of benzene rings is 2. The highest BCUT2D eigenvalue weighted by Gasteiger charge is 1.99. The molecule has 0 aromatic heterocycles. The fourth-order valence-electron chi connectivity index (χ4n) is 1.96. The Morgan fingerprint density at radius 1 is 0.737 bits per heavy atom. The molecular weight excluding hydrogens is 230 g/mol. The molecule has 0 spiro atoms. The topological polar surface area (TPSA) is 12.0 Å². The van der Waals surface area contributed by atoms with Gasteiger partial charge in [-0.3, -0.25) is 0 Å². The molecule has 2 aromatic rings. The molecule has 0 unspecified atom stereocenters. The van der Waals surface area contributed by atoms with E-state index in [0.29, 0.717) is 0 Å². The molecule has 19 heavy (non-hydrogen) atoms. The Hall–Kier alpha value is -2.72. The third-order valence-corrected chi connectivity index (χ3v) is 2.94. The predicted molar refractivity (Wildman–Crippen MR) is 80.3 cm³/mol. The number of nitrogens with one attached hydrogen (secondary N) is 1. The van der Waals surface area contributed by atoms with Crippen LogP contribution >= 0.6 is 0 Å². The Labute approximate surface area is 112 Å². The maximum atomic E-state index is 3.37. The van der Waals surface area contributed by atoms with Gasteiger partial charge in [0.05, 0.1) is 0 Å². The Bertz CT molecular complexity index is 693. The zero-order chi connectivity index (χ0) is 12.9.